The lowest BCUT2D eigenvalue weighted by atomic mass is 10.1. The molecule has 260 valence electrons. The lowest BCUT2D eigenvalue weighted by Crippen LogP contribution is -1.79. The van der Waals surface area contributed by atoms with Crippen molar-refractivity contribution in [2.75, 3.05) is 0 Å². The Kier molecular flexibility index (Phi) is 24.2. The number of halogens is 2. The summed E-state index contributed by atoms with van der Waals surface area (Å²) in [6.45, 7) is 19.1. The van der Waals surface area contributed by atoms with E-state index < -0.39 is 0 Å². The molecule has 7 aromatic rings. The standard InChI is InChI=1S/C9H8S.C9H12.C6H8S.2C5H5BrS.C5H6S.2CH4/c1-7-6-8-4-2-3-5-9(8)10-7;1-7-4-5-8(2)9(3)6-7;1-5-3-4-6(2)7-5;1-4-2-5(6)3-7-4;1-4-5(6)2-3-7-4;1-5-3-2-4-6-5;;/h2-6H,1H3;4-6H,1-3H3;3-4H,1-2H3;2*2-3H,1H3;2-4H,1H3;2*1H4. The van der Waals surface area contributed by atoms with Gasteiger partial charge in [0.15, 0.2) is 0 Å². The van der Waals surface area contributed by atoms with Crippen molar-refractivity contribution in [1.82, 2.24) is 0 Å². The first-order valence-corrected chi connectivity index (χ1v) is 20.6. The molecule has 0 bridgehead atoms. The minimum absolute atomic E-state index is 0. The van der Waals surface area contributed by atoms with Crippen LogP contribution in [0.2, 0.25) is 0 Å². The van der Waals surface area contributed by atoms with Crippen LogP contribution in [0.4, 0.5) is 0 Å². The van der Waals surface area contributed by atoms with E-state index in [1.54, 1.807) is 34.0 Å². The van der Waals surface area contributed by atoms with E-state index in [0.717, 1.165) is 0 Å². The highest BCUT2D eigenvalue weighted by molar-refractivity contribution is 9.10. The van der Waals surface area contributed by atoms with Crippen LogP contribution < -0.4 is 0 Å². The number of rotatable bonds is 0. The zero-order valence-electron chi connectivity index (χ0n) is 28.1. The SMILES string of the molecule is C.C.Cc1cc(Br)cs1.Cc1cc2ccccc2s1.Cc1ccc(C)c(C)c1.Cc1ccc(C)s1.Cc1cccs1.Cc1sccc1Br. The number of hydrogen-bond acceptors (Lipinski definition) is 5. The van der Waals surface area contributed by atoms with Crippen molar-refractivity contribution in [3.05, 3.63) is 156 Å². The van der Waals surface area contributed by atoms with E-state index in [-0.39, 0.29) is 14.9 Å². The Labute approximate surface area is 328 Å². The summed E-state index contributed by atoms with van der Waals surface area (Å²) in [7, 11) is 0. The Hall–Kier alpha value is -1.84. The van der Waals surface area contributed by atoms with Crippen molar-refractivity contribution in [2.45, 2.75) is 77.2 Å². The molecular weight excluding hydrogens is 813 g/mol. The molecule has 0 saturated heterocycles. The first-order chi connectivity index (χ1) is 21.8. The predicted octanol–water partition coefficient (Wildman–Crippen LogP) is 17.2. The summed E-state index contributed by atoms with van der Waals surface area (Å²) in [6, 6.07) is 29.8. The molecule has 0 fully saturated rings. The Bertz CT molecular complexity index is 1700. The Morgan fingerprint density at radius 2 is 1.15 bits per heavy atom. The van der Waals surface area contributed by atoms with Crippen LogP contribution in [0.3, 0.4) is 0 Å². The van der Waals surface area contributed by atoms with Crippen LogP contribution in [0.25, 0.3) is 10.1 Å². The lowest BCUT2D eigenvalue weighted by molar-refractivity contribution is 1.30. The van der Waals surface area contributed by atoms with Gasteiger partial charge in [-0.15, -0.1) is 56.7 Å². The van der Waals surface area contributed by atoms with Crippen molar-refractivity contribution < 1.29 is 0 Å². The number of aryl methyl sites for hydroxylation is 9. The van der Waals surface area contributed by atoms with Gasteiger partial charge in [0.25, 0.3) is 0 Å². The highest BCUT2D eigenvalue weighted by Crippen LogP contribution is 2.24. The largest absolute Gasteiger partial charge is 0.149 e. The van der Waals surface area contributed by atoms with Gasteiger partial charge < -0.3 is 0 Å². The second-order valence-electron chi connectivity index (χ2n) is 10.6. The van der Waals surface area contributed by atoms with E-state index in [2.05, 4.69) is 195 Å². The topological polar surface area (TPSA) is 0 Å². The van der Waals surface area contributed by atoms with Gasteiger partial charge in [-0.3, -0.25) is 0 Å². The predicted molar refractivity (Wildman–Crippen MR) is 237 cm³/mol. The van der Waals surface area contributed by atoms with Crippen LogP contribution in [-0.4, -0.2) is 0 Å². The molecule has 0 aliphatic carbocycles. The summed E-state index contributed by atoms with van der Waals surface area (Å²) < 4.78 is 3.80. The smallest absolute Gasteiger partial charge is 0.0345 e. The summed E-state index contributed by atoms with van der Waals surface area (Å²) in [5.74, 6) is 0. The first-order valence-electron chi connectivity index (χ1n) is 14.8. The Morgan fingerprint density at radius 1 is 0.479 bits per heavy atom. The fraction of sp³-hybridized carbons (Fsp3) is 0.268. The third-order valence-corrected chi connectivity index (χ3v) is 12.6. The van der Waals surface area contributed by atoms with E-state index >= 15 is 0 Å². The molecule has 0 aliphatic heterocycles. The molecule has 0 radical (unpaired) electrons. The first kappa shape index (κ1) is 46.2. The summed E-state index contributed by atoms with van der Waals surface area (Å²) in [6.07, 6.45) is 0. The van der Waals surface area contributed by atoms with Crippen molar-refractivity contribution in [3.63, 3.8) is 0 Å². The Balaban J connectivity index is 0.000000552. The van der Waals surface area contributed by atoms with Crippen LogP contribution in [0.15, 0.2) is 110 Å². The average molecular weight is 865 g/mol. The minimum atomic E-state index is 0. The fourth-order valence-electron chi connectivity index (χ4n) is 3.70. The molecular formula is C41H52Br2S5. The minimum Gasteiger partial charge on any atom is -0.149 e. The monoisotopic (exact) mass is 862 g/mol. The lowest BCUT2D eigenvalue weighted by Gasteiger charge is -1.98. The third-order valence-electron chi connectivity index (χ3n) is 6.24. The molecule has 7 rings (SSSR count). The van der Waals surface area contributed by atoms with E-state index in [4.69, 9.17) is 0 Å². The molecule has 2 aromatic carbocycles. The van der Waals surface area contributed by atoms with Crippen molar-refractivity contribution in [3.8, 4) is 0 Å². The molecule has 0 atom stereocenters. The maximum atomic E-state index is 3.38. The summed E-state index contributed by atoms with van der Waals surface area (Å²) >= 11 is 15.7. The number of benzene rings is 2. The second-order valence-corrected chi connectivity index (χ2v) is 18.5. The number of hydrogen-bond donors (Lipinski definition) is 0. The molecule has 5 aromatic heterocycles. The molecule has 0 saturated carbocycles. The van der Waals surface area contributed by atoms with Crippen molar-refractivity contribution in [1.29, 1.82) is 0 Å². The van der Waals surface area contributed by atoms with Crippen molar-refractivity contribution >= 4 is 98.6 Å². The maximum absolute atomic E-state index is 3.38. The molecule has 7 heteroatoms. The van der Waals surface area contributed by atoms with Gasteiger partial charge in [0, 0.05) is 48.3 Å². The summed E-state index contributed by atoms with van der Waals surface area (Å²) in [4.78, 5) is 8.28. The van der Waals surface area contributed by atoms with Crippen LogP contribution in [-0.2, 0) is 0 Å². The zero-order chi connectivity index (χ0) is 34.1. The summed E-state index contributed by atoms with van der Waals surface area (Å²) in [5, 5.41) is 7.59. The average Bonchev–Trinajstić information content (AvgIpc) is 3.85. The van der Waals surface area contributed by atoms with Crippen LogP contribution >= 0.6 is 88.5 Å². The van der Waals surface area contributed by atoms with Crippen molar-refractivity contribution in [2.24, 2.45) is 0 Å². The van der Waals surface area contributed by atoms with Crippen LogP contribution in [0.5, 0.6) is 0 Å². The quantitative estimate of drug-likeness (QED) is 0.142. The molecule has 48 heavy (non-hydrogen) atoms. The summed E-state index contributed by atoms with van der Waals surface area (Å²) in [5.41, 5.74) is 4.11. The fourth-order valence-corrected chi connectivity index (χ4v) is 8.45. The second kappa shape index (κ2) is 25.2. The highest BCUT2D eigenvalue weighted by atomic mass is 79.9. The normalized spacial score (nSPS) is 9.23. The number of fused-ring (bicyclic) bond motifs is 1. The van der Waals surface area contributed by atoms with Crippen LogP contribution in [0, 0.1) is 62.3 Å². The third kappa shape index (κ3) is 19.4. The van der Waals surface area contributed by atoms with E-state index in [9.17, 15) is 0 Å². The molecule has 0 spiro atoms. The van der Waals surface area contributed by atoms with Gasteiger partial charge in [-0.1, -0.05) is 62.9 Å². The van der Waals surface area contributed by atoms with Gasteiger partial charge in [0.05, 0.1) is 0 Å². The highest BCUT2D eigenvalue weighted by Gasteiger charge is 1.94. The van der Waals surface area contributed by atoms with Gasteiger partial charge in [-0.2, -0.15) is 0 Å². The van der Waals surface area contributed by atoms with Gasteiger partial charge in [0.1, 0.15) is 0 Å². The van der Waals surface area contributed by atoms with Gasteiger partial charge in [-0.25, -0.2) is 0 Å². The molecule has 0 amide bonds. The van der Waals surface area contributed by atoms with E-state index in [1.165, 1.54) is 65.0 Å². The van der Waals surface area contributed by atoms with E-state index in [1.807, 2.05) is 22.7 Å². The molecule has 0 N–H and O–H groups in total. The molecule has 0 nitrogen and oxygen atoms in total. The zero-order valence-corrected chi connectivity index (χ0v) is 35.4. The van der Waals surface area contributed by atoms with Gasteiger partial charge in [0.2, 0.25) is 0 Å². The molecule has 0 unspecified atom stereocenters. The maximum Gasteiger partial charge on any atom is 0.0345 e. The molecule has 5 heterocycles. The van der Waals surface area contributed by atoms with Gasteiger partial charge >= 0.3 is 0 Å². The number of thiophene rings is 5. The van der Waals surface area contributed by atoms with E-state index in [0.29, 0.717) is 0 Å². The van der Waals surface area contributed by atoms with Gasteiger partial charge in [-0.05, 0) is 164 Å². The van der Waals surface area contributed by atoms with Crippen LogP contribution in [0.1, 0.15) is 60.8 Å². The Morgan fingerprint density at radius 3 is 1.48 bits per heavy atom. The molecule has 0 aliphatic rings.